The third kappa shape index (κ3) is 1.35. The van der Waals surface area contributed by atoms with Gasteiger partial charge in [0.15, 0.2) is 0 Å². The van der Waals surface area contributed by atoms with Crippen LogP contribution in [-0.2, 0) is 0 Å². The lowest BCUT2D eigenvalue weighted by atomic mass is 9.85. The summed E-state index contributed by atoms with van der Waals surface area (Å²) < 4.78 is 0. The van der Waals surface area contributed by atoms with Crippen molar-refractivity contribution in [2.45, 2.75) is 38.6 Å². The fourth-order valence-corrected chi connectivity index (χ4v) is 1.95. The predicted molar refractivity (Wildman–Crippen MR) is 47.3 cm³/mol. The van der Waals surface area contributed by atoms with Gasteiger partial charge in [-0.25, -0.2) is 4.99 Å². The minimum atomic E-state index is 0.571. The van der Waals surface area contributed by atoms with E-state index in [9.17, 15) is 0 Å². The second kappa shape index (κ2) is 2.76. The molecule has 2 unspecified atom stereocenters. The molecule has 1 fully saturated rings. The number of fused-ring (bicyclic) bond motifs is 1. The Hall–Kier alpha value is -0.660. The zero-order valence-corrected chi connectivity index (χ0v) is 6.95. The summed E-state index contributed by atoms with van der Waals surface area (Å²) in [5.41, 5.74) is 0. The highest BCUT2D eigenvalue weighted by Crippen LogP contribution is 2.27. The molecule has 2 rings (SSSR count). The molecule has 1 saturated carbocycles. The second-order valence-corrected chi connectivity index (χ2v) is 3.47. The molecule has 2 aliphatic rings. The van der Waals surface area contributed by atoms with Crippen LogP contribution in [0.2, 0.25) is 0 Å². The van der Waals surface area contributed by atoms with E-state index in [2.05, 4.69) is 16.2 Å². The quantitative estimate of drug-likeness (QED) is 0.505. The van der Waals surface area contributed by atoms with Gasteiger partial charge in [-0.15, -0.1) is 0 Å². The van der Waals surface area contributed by atoms with Crippen molar-refractivity contribution in [1.29, 1.82) is 0 Å². The molecule has 2 heteroatoms. The smallest absolute Gasteiger partial charge is 0.120 e. The minimum Gasteiger partial charge on any atom is -0.267 e. The Morgan fingerprint density at radius 3 is 3.09 bits per heavy atom. The number of nitrogens with zero attached hydrogens (tertiary/aromatic N) is 2. The molecule has 0 saturated heterocycles. The van der Waals surface area contributed by atoms with Gasteiger partial charge in [0.2, 0.25) is 0 Å². The van der Waals surface area contributed by atoms with Crippen LogP contribution in [-0.4, -0.2) is 18.1 Å². The summed E-state index contributed by atoms with van der Waals surface area (Å²) in [6, 6.07) is 0.571. The fraction of sp³-hybridized carbons (Fsp3) is 0.778. The molecular formula is C9H14N2. The summed E-state index contributed by atoms with van der Waals surface area (Å²) in [6.45, 7) is 1.99. The van der Waals surface area contributed by atoms with Gasteiger partial charge in [0.25, 0.3) is 0 Å². The molecule has 2 nitrogen and oxygen atoms in total. The fourth-order valence-electron chi connectivity index (χ4n) is 1.95. The molecule has 0 aromatic rings. The van der Waals surface area contributed by atoms with Crippen molar-refractivity contribution in [1.82, 2.24) is 0 Å². The van der Waals surface area contributed by atoms with Crippen molar-refractivity contribution in [3.63, 3.8) is 0 Å². The van der Waals surface area contributed by atoms with E-state index in [0.717, 1.165) is 5.84 Å². The van der Waals surface area contributed by atoms with Gasteiger partial charge in [-0.05, 0) is 19.8 Å². The topological polar surface area (TPSA) is 24.7 Å². The van der Waals surface area contributed by atoms with Gasteiger partial charge in [-0.3, -0.25) is 4.99 Å². The highest BCUT2D eigenvalue weighted by molar-refractivity contribution is 5.90. The van der Waals surface area contributed by atoms with Gasteiger partial charge in [-0.2, -0.15) is 0 Å². The Morgan fingerprint density at radius 1 is 1.36 bits per heavy atom. The van der Waals surface area contributed by atoms with E-state index in [4.69, 9.17) is 0 Å². The minimum absolute atomic E-state index is 0.571. The Morgan fingerprint density at radius 2 is 2.18 bits per heavy atom. The molecule has 2 atom stereocenters. The molecule has 1 heterocycles. The van der Waals surface area contributed by atoms with E-state index in [0.29, 0.717) is 12.0 Å². The van der Waals surface area contributed by atoms with Gasteiger partial charge in [-0.1, -0.05) is 12.8 Å². The van der Waals surface area contributed by atoms with Gasteiger partial charge < -0.3 is 0 Å². The lowest BCUT2D eigenvalue weighted by Gasteiger charge is -2.28. The first kappa shape index (κ1) is 7.01. The molecular weight excluding hydrogens is 136 g/mol. The first-order valence-electron chi connectivity index (χ1n) is 4.45. The van der Waals surface area contributed by atoms with E-state index in [1.807, 2.05) is 6.92 Å². The van der Waals surface area contributed by atoms with E-state index in [1.54, 1.807) is 0 Å². The number of aliphatic imine (C=N–C) groups is 2. The van der Waals surface area contributed by atoms with Crippen molar-refractivity contribution in [3.05, 3.63) is 0 Å². The molecule has 0 amide bonds. The third-order valence-corrected chi connectivity index (χ3v) is 2.59. The zero-order chi connectivity index (χ0) is 7.68. The largest absolute Gasteiger partial charge is 0.267 e. The van der Waals surface area contributed by atoms with E-state index < -0.39 is 0 Å². The van der Waals surface area contributed by atoms with E-state index in [1.165, 1.54) is 25.7 Å². The number of rotatable bonds is 0. The average molecular weight is 150 g/mol. The maximum Gasteiger partial charge on any atom is 0.120 e. The molecule has 0 radical (unpaired) electrons. The summed E-state index contributed by atoms with van der Waals surface area (Å²) in [5.74, 6) is 1.63. The van der Waals surface area contributed by atoms with Crippen molar-refractivity contribution in [2.75, 3.05) is 0 Å². The van der Waals surface area contributed by atoms with Crippen LogP contribution in [0.3, 0.4) is 0 Å². The molecule has 60 valence electrons. The Labute approximate surface area is 67.4 Å². The van der Waals surface area contributed by atoms with Gasteiger partial charge in [0.1, 0.15) is 5.84 Å². The molecule has 0 aromatic heterocycles. The SMILES string of the molecule is CC1=NC2CCCCC2C=N1. The molecule has 11 heavy (non-hydrogen) atoms. The molecule has 0 bridgehead atoms. The monoisotopic (exact) mass is 150 g/mol. The maximum atomic E-state index is 4.52. The third-order valence-electron chi connectivity index (χ3n) is 2.59. The lowest BCUT2D eigenvalue weighted by Crippen LogP contribution is -2.28. The van der Waals surface area contributed by atoms with Crippen LogP contribution < -0.4 is 0 Å². The summed E-state index contributed by atoms with van der Waals surface area (Å²) in [5, 5.41) is 0. The molecule has 0 N–H and O–H groups in total. The van der Waals surface area contributed by atoms with Gasteiger partial charge in [0.05, 0.1) is 6.04 Å². The molecule has 0 spiro atoms. The van der Waals surface area contributed by atoms with Gasteiger partial charge >= 0.3 is 0 Å². The molecule has 1 aliphatic carbocycles. The number of hydrogen-bond donors (Lipinski definition) is 0. The van der Waals surface area contributed by atoms with Crippen molar-refractivity contribution in [3.8, 4) is 0 Å². The summed E-state index contributed by atoms with van der Waals surface area (Å²) in [7, 11) is 0. The first-order chi connectivity index (χ1) is 5.36. The maximum absolute atomic E-state index is 4.52. The van der Waals surface area contributed by atoms with Gasteiger partial charge in [0, 0.05) is 12.1 Å². The van der Waals surface area contributed by atoms with Crippen LogP contribution in [0.4, 0.5) is 0 Å². The number of amidine groups is 1. The normalized spacial score (nSPS) is 36.3. The predicted octanol–water partition coefficient (Wildman–Crippen LogP) is 2.05. The van der Waals surface area contributed by atoms with Crippen LogP contribution in [0.15, 0.2) is 9.98 Å². The highest BCUT2D eigenvalue weighted by Gasteiger charge is 2.24. The van der Waals surface area contributed by atoms with E-state index >= 15 is 0 Å². The Kier molecular flexibility index (Phi) is 1.76. The van der Waals surface area contributed by atoms with Crippen molar-refractivity contribution < 1.29 is 0 Å². The van der Waals surface area contributed by atoms with Crippen LogP contribution in [0, 0.1) is 5.92 Å². The average Bonchev–Trinajstić information content (AvgIpc) is 2.04. The standard InChI is InChI=1S/C9H14N2/c1-7-10-6-8-4-2-3-5-9(8)11-7/h6,8-9H,2-5H2,1H3. The zero-order valence-electron chi connectivity index (χ0n) is 6.95. The lowest BCUT2D eigenvalue weighted by molar-refractivity contribution is 0.384. The molecule has 0 aromatic carbocycles. The number of hydrogen-bond acceptors (Lipinski definition) is 2. The second-order valence-electron chi connectivity index (χ2n) is 3.47. The Balaban J connectivity index is 2.13. The summed E-state index contributed by atoms with van der Waals surface area (Å²) in [6.07, 6.45) is 7.39. The van der Waals surface area contributed by atoms with Crippen LogP contribution in [0.1, 0.15) is 32.6 Å². The summed E-state index contributed by atoms with van der Waals surface area (Å²) in [4.78, 5) is 8.76. The van der Waals surface area contributed by atoms with Crippen molar-refractivity contribution >= 4 is 12.1 Å². The summed E-state index contributed by atoms with van der Waals surface area (Å²) >= 11 is 0. The van der Waals surface area contributed by atoms with Crippen LogP contribution in [0.5, 0.6) is 0 Å². The van der Waals surface area contributed by atoms with Crippen LogP contribution >= 0.6 is 0 Å². The van der Waals surface area contributed by atoms with Crippen LogP contribution in [0.25, 0.3) is 0 Å². The highest BCUT2D eigenvalue weighted by atomic mass is 15.0. The molecule has 1 aliphatic heterocycles. The Bertz CT molecular complexity index is 206. The first-order valence-corrected chi connectivity index (χ1v) is 4.45. The van der Waals surface area contributed by atoms with Crippen molar-refractivity contribution in [2.24, 2.45) is 15.9 Å². The van der Waals surface area contributed by atoms with E-state index in [-0.39, 0.29) is 0 Å².